The molecule has 5 heteroatoms. The van der Waals surface area contributed by atoms with Gasteiger partial charge in [-0.25, -0.2) is 0 Å². The van der Waals surface area contributed by atoms with Crippen LogP contribution >= 0.6 is 37.0 Å². The number of thioether (sulfide) groups is 1. The van der Waals surface area contributed by atoms with E-state index in [4.69, 9.17) is 34.7 Å². The largest absolute Gasteiger partial charge is 0.494 e. The summed E-state index contributed by atoms with van der Waals surface area (Å²) in [7, 11) is 0. The minimum atomic E-state index is 0.595. The maximum atomic E-state index is 6.09. The van der Waals surface area contributed by atoms with Crippen molar-refractivity contribution in [1.29, 1.82) is 0 Å². The highest BCUT2D eigenvalue weighted by Crippen LogP contribution is 2.41. The third-order valence-electron chi connectivity index (χ3n) is 4.28. The summed E-state index contributed by atoms with van der Waals surface area (Å²) in [5.41, 5.74) is 0.910. The van der Waals surface area contributed by atoms with Gasteiger partial charge in [0.1, 0.15) is 11.5 Å². The van der Waals surface area contributed by atoms with E-state index in [9.17, 15) is 0 Å². The van der Waals surface area contributed by atoms with Crippen molar-refractivity contribution in [3.05, 3.63) is 58.3 Å². The van der Waals surface area contributed by atoms with Crippen LogP contribution in [0.5, 0.6) is 11.5 Å². The first-order valence-electron chi connectivity index (χ1n) is 10.1. The molecule has 0 saturated carbocycles. The quantitative estimate of drug-likeness (QED) is 0.270. The highest BCUT2D eigenvalue weighted by molar-refractivity contribution is 8.17. The van der Waals surface area contributed by atoms with Crippen LogP contribution in [0.4, 0.5) is 0 Å². The Morgan fingerprint density at radius 1 is 0.862 bits per heavy atom. The van der Waals surface area contributed by atoms with Crippen LogP contribution in [0.2, 0.25) is 0 Å². The molecule has 0 amide bonds. The van der Waals surface area contributed by atoms with Gasteiger partial charge in [-0.1, -0.05) is 57.7 Å². The second-order valence-corrected chi connectivity index (χ2v) is 10.1. The Morgan fingerprint density at radius 3 is 2.10 bits per heavy atom. The van der Waals surface area contributed by atoms with E-state index in [0.717, 1.165) is 43.9 Å². The summed E-state index contributed by atoms with van der Waals surface area (Å²) in [6.07, 6.45) is 2.03. The Balaban J connectivity index is 2.25. The molecule has 0 N–H and O–H groups in total. The SMILES string of the molecule is CC(C)CCOc1ccc(OCCC(C)C)c(C(S)=C(S)Sc2ccccc2)c1. The Morgan fingerprint density at radius 2 is 1.48 bits per heavy atom. The van der Waals surface area contributed by atoms with Crippen LogP contribution in [0, 0.1) is 11.8 Å². The van der Waals surface area contributed by atoms with E-state index in [-0.39, 0.29) is 0 Å². The molecule has 2 nitrogen and oxygen atoms in total. The molecule has 0 aliphatic heterocycles. The Kier molecular flexibility index (Phi) is 10.4. The lowest BCUT2D eigenvalue weighted by molar-refractivity contribution is 0.281. The number of rotatable bonds is 11. The van der Waals surface area contributed by atoms with Crippen LogP contribution in [0.3, 0.4) is 0 Å². The van der Waals surface area contributed by atoms with E-state index < -0.39 is 0 Å². The molecule has 2 aromatic carbocycles. The highest BCUT2D eigenvalue weighted by atomic mass is 32.2. The molecule has 0 radical (unpaired) electrons. The van der Waals surface area contributed by atoms with E-state index in [1.807, 2.05) is 36.4 Å². The summed E-state index contributed by atoms with van der Waals surface area (Å²) in [5, 5.41) is 0. The predicted octanol–water partition coefficient (Wildman–Crippen LogP) is 7.81. The van der Waals surface area contributed by atoms with Crippen LogP contribution in [-0.4, -0.2) is 13.2 Å². The minimum absolute atomic E-state index is 0.595. The van der Waals surface area contributed by atoms with Gasteiger partial charge in [-0.2, -0.15) is 0 Å². The average molecular weight is 449 g/mol. The number of benzene rings is 2. The summed E-state index contributed by atoms with van der Waals surface area (Å²) in [5.74, 6) is 2.85. The molecular weight excluding hydrogens is 416 g/mol. The monoisotopic (exact) mass is 448 g/mol. The fraction of sp³-hybridized carbons (Fsp3) is 0.417. The van der Waals surface area contributed by atoms with Crippen molar-refractivity contribution >= 4 is 41.9 Å². The molecule has 2 aromatic rings. The van der Waals surface area contributed by atoms with Gasteiger partial charge in [0, 0.05) is 15.4 Å². The van der Waals surface area contributed by atoms with Crippen LogP contribution in [0.1, 0.15) is 46.1 Å². The number of ether oxygens (including phenoxy) is 2. The lowest BCUT2D eigenvalue weighted by atomic mass is 10.1. The molecule has 0 unspecified atom stereocenters. The first-order chi connectivity index (χ1) is 13.9. The molecule has 0 aromatic heterocycles. The van der Waals surface area contributed by atoms with Gasteiger partial charge >= 0.3 is 0 Å². The maximum Gasteiger partial charge on any atom is 0.127 e. The van der Waals surface area contributed by atoms with Crippen LogP contribution < -0.4 is 9.47 Å². The second-order valence-electron chi connectivity index (χ2n) is 7.79. The van der Waals surface area contributed by atoms with E-state index in [1.54, 1.807) is 11.8 Å². The molecule has 2 rings (SSSR count). The molecule has 158 valence electrons. The van der Waals surface area contributed by atoms with Gasteiger partial charge < -0.3 is 9.47 Å². The van der Waals surface area contributed by atoms with Crippen molar-refractivity contribution in [2.24, 2.45) is 11.8 Å². The fourth-order valence-corrected chi connectivity index (χ4v) is 3.96. The molecule has 0 heterocycles. The van der Waals surface area contributed by atoms with E-state index in [0.29, 0.717) is 25.0 Å². The average Bonchev–Trinajstić information content (AvgIpc) is 2.68. The molecule has 29 heavy (non-hydrogen) atoms. The highest BCUT2D eigenvalue weighted by Gasteiger charge is 2.13. The third kappa shape index (κ3) is 8.61. The Hall–Kier alpha value is -1.17. The van der Waals surface area contributed by atoms with E-state index in [2.05, 4.69) is 39.8 Å². The first kappa shape index (κ1) is 24.1. The van der Waals surface area contributed by atoms with Crippen molar-refractivity contribution in [3.8, 4) is 11.5 Å². The van der Waals surface area contributed by atoms with Gasteiger partial charge in [0.05, 0.1) is 17.5 Å². The summed E-state index contributed by atoms with van der Waals surface area (Å²) in [6, 6.07) is 16.1. The zero-order chi connectivity index (χ0) is 21.2. The Labute approximate surface area is 191 Å². The summed E-state index contributed by atoms with van der Waals surface area (Å²) in [4.78, 5) is 1.91. The van der Waals surface area contributed by atoms with Gasteiger partial charge in [-0.3, -0.25) is 0 Å². The normalized spacial score (nSPS) is 12.3. The van der Waals surface area contributed by atoms with Crippen LogP contribution in [-0.2, 0) is 0 Å². The molecule has 0 bridgehead atoms. The van der Waals surface area contributed by atoms with Crippen LogP contribution in [0.25, 0.3) is 4.91 Å². The van der Waals surface area contributed by atoms with Gasteiger partial charge in [-0.15, -0.1) is 25.3 Å². The molecule has 0 aliphatic carbocycles. The summed E-state index contributed by atoms with van der Waals surface area (Å²) in [6.45, 7) is 10.2. The third-order valence-corrected chi connectivity index (χ3v) is 6.48. The molecule has 0 aliphatic rings. The minimum Gasteiger partial charge on any atom is -0.494 e. The van der Waals surface area contributed by atoms with Crippen LogP contribution in [0.15, 0.2) is 57.7 Å². The van der Waals surface area contributed by atoms with Crippen molar-refractivity contribution in [3.63, 3.8) is 0 Å². The summed E-state index contributed by atoms with van der Waals surface area (Å²) < 4.78 is 12.9. The second kappa shape index (κ2) is 12.5. The van der Waals surface area contributed by atoms with Gasteiger partial charge in [0.2, 0.25) is 0 Å². The Bertz CT molecular complexity index is 786. The van der Waals surface area contributed by atoms with Gasteiger partial charge in [-0.05, 0) is 55.0 Å². The maximum absolute atomic E-state index is 6.09. The lowest BCUT2D eigenvalue weighted by Gasteiger charge is -2.16. The van der Waals surface area contributed by atoms with Crippen molar-refractivity contribution in [2.45, 2.75) is 45.4 Å². The standard InChI is InChI=1S/C24H32O2S3/c1-17(2)12-14-25-19-10-11-22(26-15-13-18(3)4)21(16-19)23(27)24(28)29-20-8-6-5-7-9-20/h5-11,16-18,27-28H,12-15H2,1-4H3. The molecule has 0 atom stereocenters. The summed E-state index contributed by atoms with van der Waals surface area (Å²) >= 11 is 11.1. The van der Waals surface area contributed by atoms with E-state index in [1.165, 1.54) is 0 Å². The number of hydrogen-bond donors (Lipinski definition) is 2. The van der Waals surface area contributed by atoms with Gasteiger partial charge in [0.15, 0.2) is 0 Å². The van der Waals surface area contributed by atoms with Crippen molar-refractivity contribution in [1.82, 2.24) is 0 Å². The molecule has 0 fully saturated rings. The molecular formula is C24H32O2S3. The molecule has 0 spiro atoms. The lowest BCUT2D eigenvalue weighted by Crippen LogP contribution is -2.04. The van der Waals surface area contributed by atoms with Crippen molar-refractivity contribution in [2.75, 3.05) is 13.2 Å². The topological polar surface area (TPSA) is 18.5 Å². The zero-order valence-corrected chi connectivity index (χ0v) is 20.3. The van der Waals surface area contributed by atoms with Crippen molar-refractivity contribution < 1.29 is 9.47 Å². The smallest absolute Gasteiger partial charge is 0.127 e. The van der Waals surface area contributed by atoms with Gasteiger partial charge in [0.25, 0.3) is 0 Å². The number of thiol groups is 2. The first-order valence-corrected chi connectivity index (χ1v) is 11.8. The number of hydrogen-bond acceptors (Lipinski definition) is 5. The van der Waals surface area contributed by atoms with E-state index >= 15 is 0 Å². The fourth-order valence-electron chi connectivity index (χ4n) is 2.49. The zero-order valence-electron chi connectivity index (χ0n) is 17.7. The molecule has 0 saturated heterocycles. The predicted molar refractivity (Wildman–Crippen MR) is 134 cm³/mol.